The van der Waals surface area contributed by atoms with Crippen molar-refractivity contribution in [1.29, 1.82) is 0 Å². The molecule has 2 aromatic rings. The van der Waals surface area contributed by atoms with Crippen molar-refractivity contribution < 1.29 is 9.53 Å². The van der Waals surface area contributed by atoms with Gasteiger partial charge in [-0.1, -0.05) is 48.5 Å². The molecule has 4 nitrogen and oxygen atoms in total. The van der Waals surface area contributed by atoms with Gasteiger partial charge in [0.25, 0.3) is 0 Å². The maximum atomic E-state index is 12.2. The third-order valence-corrected chi connectivity index (χ3v) is 3.77. The van der Waals surface area contributed by atoms with E-state index in [1.807, 2.05) is 62.2 Å². The number of anilines is 1. The van der Waals surface area contributed by atoms with Crippen molar-refractivity contribution in [3.05, 3.63) is 65.7 Å². The summed E-state index contributed by atoms with van der Waals surface area (Å²) in [5.74, 6) is 0. The highest BCUT2D eigenvalue weighted by Crippen LogP contribution is 2.38. The van der Waals surface area contributed by atoms with E-state index in [4.69, 9.17) is 4.74 Å². The number of nitrogens with zero attached hydrogens (tertiary/aromatic N) is 1. The quantitative estimate of drug-likeness (QED) is 0.902. The molecule has 1 aliphatic rings. The maximum Gasteiger partial charge on any atom is 0.426 e. The Bertz CT molecular complexity index is 692. The van der Waals surface area contributed by atoms with Crippen LogP contribution in [0.3, 0.4) is 0 Å². The Hall–Kier alpha value is -2.49. The molecule has 0 saturated heterocycles. The normalized spacial score (nSPS) is 16.8. The lowest BCUT2D eigenvalue weighted by Crippen LogP contribution is -2.45. The minimum absolute atomic E-state index is 0.0705. The summed E-state index contributed by atoms with van der Waals surface area (Å²) in [4.78, 5) is 12.2. The van der Waals surface area contributed by atoms with Crippen molar-refractivity contribution in [3.8, 4) is 0 Å². The number of hydrazine groups is 1. The summed E-state index contributed by atoms with van der Waals surface area (Å²) in [5.41, 5.74) is 5.80. The number of hydrogen-bond donors (Lipinski definition) is 1. The van der Waals surface area contributed by atoms with Gasteiger partial charge in [0, 0.05) is 6.42 Å². The molecule has 1 atom stereocenters. The molecule has 1 aliphatic heterocycles. The van der Waals surface area contributed by atoms with E-state index in [0.29, 0.717) is 0 Å². The zero-order chi connectivity index (χ0) is 16.4. The predicted molar refractivity (Wildman–Crippen MR) is 91.2 cm³/mol. The average molecular weight is 310 g/mol. The number of rotatable bonds is 2. The first kappa shape index (κ1) is 15.4. The fourth-order valence-corrected chi connectivity index (χ4v) is 2.87. The van der Waals surface area contributed by atoms with Gasteiger partial charge >= 0.3 is 6.09 Å². The van der Waals surface area contributed by atoms with Crippen LogP contribution in [0.4, 0.5) is 10.5 Å². The monoisotopic (exact) mass is 310 g/mol. The van der Waals surface area contributed by atoms with Gasteiger partial charge in [-0.3, -0.25) is 5.01 Å². The van der Waals surface area contributed by atoms with Crippen LogP contribution in [0.2, 0.25) is 0 Å². The van der Waals surface area contributed by atoms with E-state index in [9.17, 15) is 4.79 Å². The van der Waals surface area contributed by atoms with E-state index in [0.717, 1.165) is 12.1 Å². The van der Waals surface area contributed by atoms with Crippen molar-refractivity contribution >= 4 is 11.8 Å². The summed E-state index contributed by atoms with van der Waals surface area (Å²) in [7, 11) is 0. The highest BCUT2D eigenvalue weighted by atomic mass is 16.6. The Labute approximate surface area is 137 Å². The van der Waals surface area contributed by atoms with Crippen molar-refractivity contribution in [3.63, 3.8) is 0 Å². The number of amides is 1. The van der Waals surface area contributed by atoms with Crippen LogP contribution in [-0.4, -0.2) is 11.7 Å². The third-order valence-electron chi connectivity index (χ3n) is 3.77. The number of carbonyl (C=O) groups is 1. The second-order valence-corrected chi connectivity index (χ2v) is 6.74. The van der Waals surface area contributed by atoms with Crippen LogP contribution in [0.15, 0.2) is 54.6 Å². The fourth-order valence-electron chi connectivity index (χ4n) is 2.87. The number of hydrogen-bond acceptors (Lipinski definition) is 3. The first-order chi connectivity index (χ1) is 10.9. The smallest absolute Gasteiger partial charge is 0.426 e. The number of fused-ring (bicyclic) bond motifs is 1. The van der Waals surface area contributed by atoms with E-state index < -0.39 is 11.7 Å². The molecule has 0 bridgehead atoms. The summed E-state index contributed by atoms with van der Waals surface area (Å²) in [6, 6.07) is 18.4. The number of ether oxygens (including phenoxy) is 1. The van der Waals surface area contributed by atoms with Gasteiger partial charge in [0.15, 0.2) is 0 Å². The molecule has 23 heavy (non-hydrogen) atoms. The Balaban J connectivity index is 1.88. The van der Waals surface area contributed by atoms with Crippen molar-refractivity contribution in [2.75, 3.05) is 5.01 Å². The molecule has 0 aromatic heterocycles. The second kappa shape index (κ2) is 5.95. The molecular weight excluding hydrogens is 288 g/mol. The van der Waals surface area contributed by atoms with E-state index >= 15 is 0 Å². The summed E-state index contributed by atoms with van der Waals surface area (Å²) < 4.78 is 5.41. The lowest BCUT2D eigenvalue weighted by Gasteiger charge is -2.29. The number of carbonyl (C=O) groups excluding carboxylic acids is 1. The van der Waals surface area contributed by atoms with Gasteiger partial charge in [-0.15, -0.1) is 0 Å². The molecule has 4 heteroatoms. The van der Waals surface area contributed by atoms with Gasteiger partial charge in [0.1, 0.15) is 5.60 Å². The largest absolute Gasteiger partial charge is 0.443 e. The lowest BCUT2D eigenvalue weighted by molar-refractivity contribution is 0.0516. The average Bonchev–Trinajstić information content (AvgIpc) is 2.85. The minimum atomic E-state index is -0.522. The van der Waals surface area contributed by atoms with E-state index in [1.54, 1.807) is 0 Å². The zero-order valence-corrected chi connectivity index (χ0v) is 13.7. The minimum Gasteiger partial charge on any atom is -0.443 e. The standard InChI is InChI=1S/C19H22N2O2/c1-19(2,3)23-18(22)20-21-16-12-8-7-11-15(16)13-17(21)14-9-5-4-6-10-14/h4-12,17H,13H2,1-3H3,(H,20,22). The van der Waals surface area contributed by atoms with Gasteiger partial charge in [0.2, 0.25) is 0 Å². The second-order valence-electron chi connectivity index (χ2n) is 6.74. The van der Waals surface area contributed by atoms with E-state index in [1.165, 1.54) is 11.1 Å². The first-order valence-electron chi connectivity index (χ1n) is 7.86. The van der Waals surface area contributed by atoms with Crippen LogP contribution in [-0.2, 0) is 11.2 Å². The molecule has 0 fully saturated rings. The van der Waals surface area contributed by atoms with Crippen LogP contribution >= 0.6 is 0 Å². The summed E-state index contributed by atoms with van der Waals surface area (Å²) >= 11 is 0. The number of nitrogens with one attached hydrogen (secondary N) is 1. The maximum absolute atomic E-state index is 12.2. The summed E-state index contributed by atoms with van der Waals surface area (Å²) in [5, 5.41) is 1.92. The Morgan fingerprint density at radius 3 is 2.43 bits per heavy atom. The number of benzene rings is 2. The van der Waals surface area contributed by atoms with Gasteiger partial charge in [0.05, 0.1) is 11.7 Å². The molecule has 3 rings (SSSR count). The Morgan fingerprint density at radius 1 is 1.09 bits per heavy atom. The van der Waals surface area contributed by atoms with Gasteiger partial charge < -0.3 is 4.74 Å². The van der Waals surface area contributed by atoms with Crippen LogP contribution in [0.5, 0.6) is 0 Å². The summed E-state index contributed by atoms with van der Waals surface area (Å²) in [6.45, 7) is 5.58. The predicted octanol–water partition coefficient (Wildman–Crippen LogP) is 4.23. The molecule has 0 aliphatic carbocycles. The molecule has 0 spiro atoms. The third kappa shape index (κ3) is 3.47. The molecule has 0 saturated carbocycles. The van der Waals surface area contributed by atoms with Crippen LogP contribution in [0.25, 0.3) is 0 Å². The Kier molecular flexibility index (Phi) is 3.99. The van der Waals surface area contributed by atoms with Crippen molar-refractivity contribution in [2.45, 2.75) is 38.8 Å². The van der Waals surface area contributed by atoms with Crippen LogP contribution in [0, 0.1) is 0 Å². The van der Waals surface area contributed by atoms with E-state index in [-0.39, 0.29) is 6.04 Å². The van der Waals surface area contributed by atoms with Gasteiger partial charge in [-0.2, -0.15) is 0 Å². The summed E-state index contributed by atoms with van der Waals surface area (Å²) in [6.07, 6.45) is 0.422. The molecule has 2 aromatic carbocycles. The SMILES string of the molecule is CC(C)(C)OC(=O)NN1c2ccccc2CC1c1ccccc1. The van der Waals surface area contributed by atoms with Crippen molar-refractivity contribution in [1.82, 2.24) is 5.43 Å². The highest BCUT2D eigenvalue weighted by Gasteiger charge is 2.32. The van der Waals surface area contributed by atoms with E-state index in [2.05, 4.69) is 23.6 Å². The van der Waals surface area contributed by atoms with Gasteiger partial charge in [-0.05, 0) is 38.0 Å². The molecule has 1 amide bonds. The van der Waals surface area contributed by atoms with Crippen LogP contribution in [0.1, 0.15) is 37.9 Å². The molecule has 1 unspecified atom stereocenters. The highest BCUT2D eigenvalue weighted by molar-refractivity contribution is 5.73. The molecule has 120 valence electrons. The molecule has 1 N–H and O–H groups in total. The topological polar surface area (TPSA) is 41.6 Å². The zero-order valence-electron chi connectivity index (χ0n) is 13.7. The van der Waals surface area contributed by atoms with Gasteiger partial charge in [-0.25, -0.2) is 10.2 Å². The van der Waals surface area contributed by atoms with Crippen molar-refractivity contribution in [2.24, 2.45) is 0 Å². The molecule has 1 heterocycles. The number of para-hydroxylation sites is 1. The lowest BCUT2D eigenvalue weighted by atomic mass is 10.0. The molecule has 0 radical (unpaired) electrons. The first-order valence-corrected chi connectivity index (χ1v) is 7.86. The van der Waals surface area contributed by atoms with Crippen LogP contribution < -0.4 is 10.4 Å². The Morgan fingerprint density at radius 2 is 1.74 bits per heavy atom. The molecular formula is C19H22N2O2. The fraction of sp³-hybridized carbons (Fsp3) is 0.316.